The molecule has 2 heterocycles. The molecule has 0 bridgehead atoms. The third kappa shape index (κ3) is 6.10. The van der Waals surface area contributed by atoms with E-state index in [0.29, 0.717) is 23.8 Å². The highest BCUT2D eigenvalue weighted by molar-refractivity contribution is 6.30. The monoisotopic (exact) mass is 443 g/mol. The highest BCUT2D eigenvalue weighted by Gasteiger charge is 2.36. The minimum absolute atomic E-state index is 0.0654. The number of halogens is 1. The molecule has 2 N–H and O–H groups in total. The van der Waals surface area contributed by atoms with E-state index >= 15 is 0 Å². The number of aryl methyl sites for hydroxylation is 1. The van der Waals surface area contributed by atoms with Crippen molar-refractivity contribution in [2.45, 2.75) is 33.7 Å². The van der Waals surface area contributed by atoms with Gasteiger partial charge in [0.2, 0.25) is 5.91 Å². The van der Waals surface area contributed by atoms with Gasteiger partial charge in [0.25, 0.3) is 0 Å². The number of anilines is 2. The van der Waals surface area contributed by atoms with E-state index < -0.39 is 17.5 Å². The maximum absolute atomic E-state index is 13.3. The summed E-state index contributed by atoms with van der Waals surface area (Å²) in [5.74, 6) is -0.0654. The number of hydrogen-bond acceptors (Lipinski definition) is 4. The molecule has 1 saturated heterocycles. The Labute approximate surface area is 188 Å². The summed E-state index contributed by atoms with van der Waals surface area (Å²) < 4.78 is 0. The van der Waals surface area contributed by atoms with Crippen LogP contribution in [0, 0.1) is 12.3 Å². The average molecular weight is 444 g/mol. The lowest BCUT2D eigenvalue weighted by molar-refractivity contribution is -0.136. The summed E-state index contributed by atoms with van der Waals surface area (Å²) in [6.07, 6.45) is 1.81. The maximum Gasteiger partial charge on any atom is 0.319 e. The van der Waals surface area contributed by atoms with Crippen LogP contribution in [0.15, 0.2) is 42.6 Å². The van der Waals surface area contributed by atoms with Gasteiger partial charge in [0.05, 0.1) is 0 Å². The van der Waals surface area contributed by atoms with Gasteiger partial charge in [-0.05, 0) is 48.7 Å². The van der Waals surface area contributed by atoms with Gasteiger partial charge in [-0.1, -0.05) is 32.4 Å². The lowest BCUT2D eigenvalue weighted by Gasteiger charge is -2.40. The Morgan fingerprint density at radius 3 is 2.29 bits per heavy atom. The zero-order valence-electron chi connectivity index (χ0n) is 18.5. The Morgan fingerprint density at radius 2 is 1.71 bits per heavy atom. The van der Waals surface area contributed by atoms with Gasteiger partial charge in [-0.25, -0.2) is 4.79 Å². The minimum Gasteiger partial charge on any atom is -0.368 e. The van der Waals surface area contributed by atoms with Gasteiger partial charge in [0.15, 0.2) is 0 Å². The van der Waals surface area contributed by atoms with Crippen molar-refractivity contribution in [1.29, 1.82) is 0 Å². The predicted octanol–water partition coefficient (Wildman–Crippen LogP) is 3.93. The van der Waals surface area contributed by atoms with E-state index in [4.69, 9.17) is 11.6 Å². The van der Waals surface area contributed by atoms with E-state index in [1.807, 2.05) is 38.7 Å². The zero-order valence-corrected chi connectivity index (χ0v) is 19.2. The number of rotatable bonds is 4. The van der Waals surface area contributed by atoms with Gasteiger partial charge in [0, 0.05) is 54.5 Å². The number of carbonyl (C=O) groups is 2. The largest absolute Gasteiger partial charge is 0.368 e. The first kappa shape index (κ1) is 22.9. The molecule has 0 radical (unpaired) electrons. The molecule has 166 valence electrons. The smallest absolute Gasteiger partial charge is 0.319 e. The molecule has 1 aliphatic rings. The number of benzene rings is 1. The van der Waals surface area contributed by atoms with Crippen LogP contribution >= 0.6 is 11.6 Å². The second-order valence-corrected chi connectivity index (χ2v) is 9.31. The molecule has 3 rings (SSSR count). The fourth-order valence-corrected chi connectivity index (χ4v) is 3.70. The molecular formula is C23H30ClN5O2. The summed E-state index contributed by atoms with van der Waals surface area (Å²) in [5.41, 5.74) is 2.27. The lowest BCUT2D eigenvalue weighted by Crippen LogP contribution is -2.59. The Hall–Kier alpha value is -2.80. The van der Waals surface area contributed by atoms with Crippen molar-refractivity contribution in [2.75, 3.05) is 36.4 Å². The summed E-state index contributed by atoms with van der Waals surface area (Å²) in [7, 11) is 0. The van der Waals surface area contributed by atoms with Crippen LogP contribution < -0.4 is 15.5 Å². The van der Waals surface area contributed by atoms with Crippen LogP contribution in [0.1, 0.15) is 26.5 Å². The number of amides is 3. The summed E-state index contributed by atoms with van der Waals surface area (Å²) in [5, 5.41) is 6.23. The Bertz CT molecular complexity index is 918. The second kappa shape index (κ2) is 9.56. The van der Waals surface area contributed by atoms with Crippen molar-refractivity contribution in [2.24, 2.45) is 5.41 Å². The zero-order chi connectivity index (χ0) is 22.6. The lowest BCUT2D eigenvalue weighted by atomic mass is 9.85. The van der Waals surface area contributed by atoms with E-state index in [1.165, 1.54) is 0 Å². The van der Waals surface area contributed by atoms with Crippen LogP contribution in [0.4, 0.5) is 16.2 Å². The number of pyridine rings is 1. The highest BCUT2D eigenvalue weighted by Crippen LogP contribution is 2.23. The molecule has 3 amide bonds. The van der Waals surface area contributed by atoms with Crippen LogP contribution in [-0.4, -0.2) is 54.0 Å². The van der Waals surface area contributed by atoms with E-state index in [1.54, 1.807) is 30.5 Å². The van der Waals surface area contributed by atoms with Crippen molar-refractivity contribution in [3.05, 3.63) is 53.3 Å². The van der Waals surface area contributed by atoms with E-state index in [-0.39, 0.29) is 5.91 Å². The number of nitrogens with one attached hydrogen (secondary N) is 2. The molecule has 1 aliphatic heterocycles. The van der Waals surface area contributed by atoms with Gasteiger partial charge < -0.3 is 20.4 Å². The number of aromatic nitrogens is 1. The topological polar surface area (TPSA) is 77.6 Å². The molecule has 1 atom stereocenters. The van der Waals surface area contributed by atoms with Gasteiger partial charge in [-0.3, -0.25) is 9.78 Å². The van der Waals surface area contributed by atoms with Gasteiger partial charge in [-0.15, -0.1) is 0 Å². The molecule has 2 aromatic rings. The van der Waals surface area contributed by atoms with E-state index in [2.05, 4.69) is 26.6 Å². The van der Waals surface area contributed by atoms with Crippen molar-refractivity contribution in [1.82, 2.24) is 15.2 Å². The Morgan fingerprint density at radius 1 is 1.06 bits per heavy atom. The molecule has 31 heavy (non-hydrogen) atoms. The van der Waals surface area contributed by atoms with Gasteiger partial charge in [-0.2, -0.15) is 0 Å². The first-order valence-electron chi connectivity index (χ1n) is 10.4. The molecule has 1 aromatic heterocycles. The van der Waals surface area contributed by atoms with Crippen molar-refractivity contribution in [3.8, 4) is 0 Å². The molecule has 0 unspecified atom stereocenters. The third-order valence-electron chi connectivity index (χ3n) is 5.33. The van der Waals surface area contributed by atoms with Crippen molar-refractivity contribution >= 4 is 34.9 Å². The number of piperazine rings is 1. The van der Waals surface area contributed by atoms with Crippen LogP contribution in [-0.2, 0) is 4.79 Å². The SMILES string of the molecule is Cc1cc(N2CCN(C(=O)[C@H](NC(=O)Nc3ccc(Cl)cc3)C(C)(C)C)CC2)ccn1. The Kier molecular flexibility index (Phi) is 7.05. The van der Waals surface area contributed by atoms with E-state index in [9.17, 15) is 9.59 Å². The number of carbonyl (C=O) groups excluding carboxylic acids is 2. The summed E-state index contributed by atoms with van der Waals surface area (Å²) >= 11 is 5.89. The molecule has 1 fully saturated rings. The fraction of sp³-hybridized carbons (Fsp3) is 0.435. The van der Waals surface area contributed by atoms with Crippen molar-refractivity contribution < 1.29 is 9.59 Å². The van der Waals surface area contributed by atoms with E-state index in [0.717, 1.165) is 24.5 Å². The van der Waals surface area contributed by atoms with Crippen LogP contribution in [0.3, 0.4) is 0 Å². The fourth-order valence-electron chi connectivity index (χ4n) is 3.58. The van der Waals surface area contributed by atoms with Gasteiger partial charge in [0.1, 0.15) is 6.04 Å². The summed E-state index contributed by atoms with van der Waals surface area (Å²) in [4.78, 5) is 34.2. The first-order valence-corrected chi connectivity index (χ1v) is 10.8. The molecule has 7 nitrogen and oxygen atoms in total. The standard InChI is InChI=1S/C23H30ClN5O2/c1-16-15-19(9-10-25-16)28-11-13-29(14-12-28)21(30)20(23(2,3)4)27-22(31)26-18-7-5-17(24)6-8-18/h5-10,15,20H,11-14H2,1-4H3,(H2,26,27,31)/t20-/m0/s1. The third-order valence-corrected chi connectivity index (χ3v) is 5.58. The molecule has 8 heteroatoms. The molecule has 0 aliphatic carbocycles. The average Bonchev–Trinajstić information content (AvgIpc) is 2.72. The molecule has 1 aromatic carbocycles. The minimum atomic E-state index is -0.644. The molecule has 0 saturated carbocycles. The second-order valence-electron chi connectivity index (χ2n) is 8.87. The summed E-state index contributed by atoms with van der Waals surface area (Å²) in [6, 6.07) is 9.83. The normalized spacial score (nSPS) is 15.4. The number of nitrogens with zero attached hydrogens (tertiary/aromatic N) is 3. The van der Waals surface area contributed by atoms with Crippen LogP contribution in [0.5, 0.6) is 0 Å². The summed E-state index contributed by atoms with van der Waals surface area (Å²) in [6.45, 7) is 10.5. The van der Waals surface area contributed by atoms with Crippen LogP contribution in [0.25, 0.3) is 0 Å². The maximum atomic E-state index is 13.3. The molecule has 0 spiro atoms. The van der Waals surface area contributed by atoms with Crippen molar-refractivity contribution in [3.63, 3.8) is 0 Å². The highest BCUT2D eigenvalue weighted by atomic mass is 35.5. The van der Waals surface area contributed by atoms with Gasteiger partial charge >= 0.3 is 6.03 Å². The number of hydrogen-bond donors (Lipinski definition) is 2. The van der Waals surface area contributed by atoms with Crippen LogP contribution in [0.2, 0.25) is 5.02 Å². The first-order chi connectivity index (χ1) is 14.6. The number of urea groups is 1. The Balaban J connectivity index is 1.62. The molecular weight excluding hydrogens is 414 g/mol. The predicted molar refractivity (Wildman–Crippen MR) is 125 cm³/mol. The quantitative estimate of drug-likeness (QED) is 0.750.